The van der Waals surface area contributed by atoms with Gasteiger partial charge in [-0.3, -0.25) is 0 Å². The predicted octanol–water partition coefficient (Wildman–Crippen LogP) is 1.91. The molecule has 1 fully saturated rings. The number of nitrogens with two attached hydrogens (primary N) is 1. The number of rotatable bonds is 3. The topological polar surface area (TPSA) is 38.9 Å². The van der Waals surface area contributed by atoms with Gasteiger partial charge in [0.2, 0.25) is 0 Å². The number of thioether (sulfide) groups is 1. The molecule has 13 heavy (non-hydrogen) atoms. The lowest BCUT2D eigenvalue weighted by atomic mass is 10.1. The van der Waals surface area contributed by atoms with Gasteiger partial charge in [-0.05, 0) is 18.6 Å². The Labute approximate surface area is 86.9 Å². The molecule has 0 bridgehead atoms. The molecule has 1 aromatic rings. The van der Waals surface area contributed by atoms with E-state index in [0.29, 0.717) is 11.3 Å². The van der Waals surface area contributed by atoms with Gasteiger partial charge in [-0.25, -0.2) is 4.98 Å². The third kappa shape index (κ3) is 2.45. The van der Waals surface area contributed by atoms with Crippen LogP contribution in [0.2, 0.25) is 0 Å². The van der Waals surface area contributed by atoms with E-state index in [4.69, 9.17) is 5.73 Å². The average Bonchev–Trinajstić information content (AvgIpc) is 2.74. The Morgan fingerprint density at radius 3 is 3.23 bits per heavy atom. The van der Waals surface area contributed by atoms with Crippen molar-refractivity contribution >= 4 is 23.1 Å². The van der Waals surface area contributed by atoms with Crippen LogP contribution in [0.15, 0.2) is 11.6 Å². The molecule has 1 aromatic heterocycles. The molecule has 0 amide bonds. The summed E-state index contributed by atoms with van der Waals surface area (Å²) in [6.45, 7) is 0. The standard InChI is InChI=1S/C9H14N2S2/c10-7(8-2-1-4-12-8)6-9-11-3-5-13-9/h3,5,7-8H,1-2,4,6,10H2. The second-order valence-electron chi connectivity index (χ2n) is 3.35. The van der Waals surface area contributed by atoms with Crippen LogP contribution in [0.5, 0.6) is 0 Å². The SMILES string of the molecule is NC(Cc1nccs1)C1CCCS1. The lowest BCUT2D eigenvalue weighted by molar-refractivity contribution is 0.607. The Morgan fingerprint density at radius 2 is 2.62 bits per heavy atom. The molecule has 2 nitrogen and oxygen atoms in total. The highest BCUT2D eigenvalue weighted by Crippen LogP contribution is 2.29. The molecule has 1 aliphatic heterocycles. The highest BCUT2D eigenvalue weighted by molar-refractivity contribution is 8.00. The molecule has 0 aromatic carbocycles. The normalized spacial score (nSPS) is 24.8. The van der Waals surface area contributed by atoms with Crippen molar-refractivity contribution in [1.29, 1.82) is 0 Å². The first kappa shape index (κ1) is 9.49. The van der Waals surface area contributed by atoms with Gasteiger partial charge in [-0.2, -0.15) is 11.8 Å². The third-order valence-electron chi connectivity index (χ3n) is 2.34. The van der Waals surface area contributed by atoms with Gasteiger partial charge >= 0.3 is 0 Å². The molecular weight excluding hydrogens is 200 g/mol. The zero-order chi connectivity index (χ0) is 9.10. The van der Waals surface area contributed by atoms with E-state index in [1.165, 1.54) is 23.6 Å². The second-order valence-corrected chi connectivity index (χ2v) is 5.67. The Balaban J connectivity index is 1.87. The number of nitrogens with zero attached hydrogens (tertiary/aromatic N) is 1. The van der Waals surface area contributed by atoms with Gasteiger partial charge in [0, 0.05) is 29.3 Å². The summed E-state index contributed by atoms with van der Waals surface area (Å²) in [7, 11) is 0. The van der Waals surface area contributed by atoms with E-state index >= 15 is 0 Å². The summed E-state index contributed by atoms with van der Waals surface area (Å²) in [4.78, 5) is 4.26. The van der Waals surface area contributed by atoms with Crippen molar-refractivity contribution in [2.24, 2.45) is 5.73 Å². The minimum atomic E-state index is 0.304. The maximum atomic E-state index is 6.12. The molecule has 2 rings (SSSR count). The number of aromatic nitrogens is 1. The molecule has 0 aliphatic carbocycles. The van der Waals surface area contributed by atoms with Gasteiger partial charge in [-0.1, -0.05) is 0 Å². The van der Waals surface area contributed by atoms with Crippen LogP contribution in [-0.4, -0.2) is 22.0 Å². The lowest BCUT2D eigenvalue weighted by Crippen LogP contribution is -2.32. The Bertz CT molecular complexity index is 242. The summed E-state index contributed by atoms with van der Waals surface area (Å²) >= 11 is 3.73. The van der Waals surface area contributed by atoms with Gasteiger partial charge < -0.3 is 5.73 Å². The summed E-state index contributed by atoms with van der Waals surface area (Å²) in [5.41, 5.74) is 6.12. The van der Waals surface area contributed by atoms with Crippen LogP contribution in [0.3, 0.4) is 0 Å². The van der Waals surface area contributed by atoms with Crippen molar-refractivity contribution in [3.8, 4) is 0 Å². The Morgan fingerprint density at radius 1 is 1.69 bits per heavy atom. The minimum Gasteiger partial charge on any atom is -0.326 e. The maximum absolute atomic E-state index is 6.12. The van der Waals surface area contributed by atoms with Crippen molar-refractivity contribution < 1.29 is 0 Å². The average molecular weight is 214 g/mol. The van der Waals surface area contributed by atoms with Gasteiger partial charge in [0.25, 0.3) is 0 Å². The van der Waals surface area contributed by atoms with Crippen LogP contribution < -0.4 is 5.73 Å². The van der Waals surface area contributed by atoms with Crippen molar-refractivity contribution in [1.82, 2.24) is 4.98 Å². The van der Waals surface area contributed by atoms with E-state index in [1.807, 2.05) is 23.3 Å². The van der Waals surface area contributed by atoms with Crippen LogP contribution in [0.4, 0.5) is 0 Å². The molecule has 72 valence electrons. The largest absolute Gasteiger partial charge is 0.326 e. The molecular formula is C9H14N2S2. The maximum Gasteiger partial charge on any atom is 0.0940 e. The summed E-state index contributed by atoms with van der Waals surface area (Å²) in [6.07, 6.45) is 5.43. The summed E-state index contributed by atoms with van der Waals surface area (Å²) in [5.74, 6) is 1.29. The van der Waals surface area contributed by atoms with Crippen LogP contribution in [0.1, 0.15) is 17.8 Å². The van der Waals surface area contributed by atoms with Crippen LogP contribution in [-0.2, 0) is 6.42 Å². The van der Waals surface area contributed by atoms with Crippen molar-refractivity contribution in [3.05, 3.63) is 16.6 Å². The second kappa shape index (κ2) is 4.44. The van der Waals surface area contributed by atoms with E-state index in [2.05, 4.69) is 4.98 Å². The molecule has 2 atom stereocenters. The Hall–Kier alpha value is -0.0600. The molecule has 2 N–H and O–H groups in total. The first-order valence-electron chi connectivity index (χ1n) is 4.62. The zero-order valence-corrected chi connectivity index (χ0v) is 9.11. The minimum absolute atomic E-state index is 0.304. The monoisotopic (exact) mass is 214 g/mol. The van der Waals surface area contributed by atoms with E-state index < -0.39 is 0 Å². The molecule has 2 unspecified atom stereocenters. The summed E-state index contributed by atoms with van der Waals surface area (Å²) in [6, 6.07) is 0.304. The quantitative estimate of drug-likeness (QED) is 0.835. The van der Waals surface area contributed by atoms with E-state index in [9.17, 15) is 0 Å². The van der Waals surface area contributed by atoms with E-state index in [0.717, 1.165) is 6.42 Å². The van der Waals surface area contributed by atoms with Gasteiger partial charge in [0.05, 0.1) is 5.01 Å². The first-order valence-corrected chi connectivity index (χ1v) is 6.54. The van der Waals surface area contributed by atoms with Crippen LogP contribution in [0, 0.1) is 0 Å². The predicted molar refractivity (Wildman–Crippen MR) is 59.3 cm³/mol. The van der Waals surface area contributed by atoms with Crippen molar-refractivity contribution in [2.45, 2.75) is 30.6 Å². The van der Waals surface area contributed by atoms with Gasteiger partial charge in [-0.15, -0.1) is 11.3 Å². The molecule has 2 heterocycles. The fourth-order valence-corrected chi connectivity index (χ4v) is 3.63. The molecule has 0 saturated carbocycles. The molecule has 1 saturated heterocycles. The van der Waals surface area contributed by atoms with Crippen LogP contribution >= 0.6 is 23.1 Å². The molecule has 0 spiro atoms. The smallest absolute Gasteiger partial charge is 0.0940 e. The van der Waals surface area contributed by atoms with Crippen molar-refractivity contribution in [2.75, 3.05) is 5.75 Å². The summed E-state index contributed by atoms with van der Waals surface area (Å²) < 4.78 is 0. The lowest BCUT2D eigenvalue weighted by Gasteiger charge is -2.16. The van der Waals surface area contributed by atoms with Crippen molar-refractivity contribution in [3.63, 3.8) is 0 Å². The number of thiazole rings is 1. The van der Waals surface area contributed by atoms with Gasteiger partial charge in [0.15, 0.2) is 0 Å². The molecule has 4 heteroatoms. The van der Waals surface area contributed by atoms with Crippen LogP contribution in [0.25, 0.3) is 0 Å². The number of hydrogen-bond acceptors (Lipinski definition) is 4. The highest BCUT2D eigenvalue weighted by Gasteiger charge is 2.23. The Kier molecular flexibility index (Phi) is 3.24. The van der Waals surface area contributed by atoms with E-state index in [1.54, 1.807) is 11.3 Å². The highest BCUT2D eigenvalue weighted by atomic mass is 32.2. The third-order valence-corrected chi connectivity index (χ3v) is 4.68. The fourth-order valence-electron chi connectivity index (χ4n) is 1.63. The number of hydrogen-bond donors (Lipinski definition) is 1. The molecule has 0 radical (unpaired) electrons. The first-order chi connectivity index (χ1) is 6.36. The molecule has 1 aliphatic rings. The van der Waals surface area contributed by atoms with Gasteiger partial charge in [0.1, 0.15) is 0 Å². The van der Waals surface area contributed by atoms with E-state index in [-0.39, 0.29) is 0 Å². The zero-order valence-electron chi connectivity index (χ0n) is 7.48. The fraction of sp³-hybridized carbons (Fsp3) is 0.667. The summed E-state index contributed by atoms with van der Waals surface area (Å²) in [5, 5.41) is 3.87.